The first-order valence-electron chi connectivity index (χ1n) is 7.40. The van der Waals surface area contributed by atoms with Gasteiger partial charge in [0, 0.05) is 6.42 Å². The Morgan fingerprint density at radius 3 is 2.86 bits per heavy atom. The first kappa shape index (κ1) is 14.7. The molecule has 0 unspecified atom stereocenters. The van der Waals surface area contributed by atoms with Gasteiger partial charge in [-0.15, -0.1) is 0 Å². The number of thiazole rings is 1. The van der Waals surface area contributed by atoms with E-state index in [-0.39, 0.29) is 23.1 Å². The van der Waals surface area contributed by atoms with E-state index in [9.17, 15) is 9.59 Å². The van der Waals surface area contributed by atoms with Crippen LogP contribution in [0.2, 0.25) is 0 Å². The van der Waals surface area contributed by atoms with Crippen LogP contribution in [0, 0.1) is 5.41 Å². The van der Waals surface area contributed by atoms with Crippen LogP contribution in [0.15, 0.2) is 0 Å². The Morgan fingerprint density at radius 2 is 2.19 bits per heavy atom. The maximum absolute atomic E-state index is 12.3. The molecule has 114 valence electrons. The van der Waals surface area contributed by atoms with Crippen molar-refractivity contribution in [1.82, 2.24) is 9.88 Å². The monoisotopic (exact) mass is 307 g/mol. The number of likely N-dealkylation sites (tertiary alicyclic amines) is 1. The first-order valence-corrected chi connectivity index (χ1v) is 8.21. The van der Waals surface area contributed by atoms with Gasteiger partial charge in [0.2, 0.25) is 5.91 Å². The smallest absolute Gasteiger partial charge is 0.243 e. The van der Waals surface area contributed by atoms with Crippen molar-refractivity contribution in [3.05, 3.63) is 10.6 Å². The molecule has 3 rings (SSSR count). The number of hydrogen-bond donors (Lipinski definition) is 1. The normalized spacial score (nSPS) is 24.9. The molecule has 0 saturated carbocycles. The quantitative estimate of drug-likeness (QED) is 0.911. The summed E-state index contributed by atoms with van der Waals surface area (Å²) in [5.41, 5.74) is 0.807. The summed E-state index contributed by atoms with van der Waals surface area (Å²) in [7, 11) is 1.97. The number of fused-ring (bicyclic) bond motifs is 1. The molecule has 1 N–H and O–H groups in total. The number of likely N-dealkylation sites (N-methyl/N-ethyl adjacent to an activating group) is 1. The molecule has 1 saturated heterocycles. The molecule has 1 fully saturated rings. The second-order valence-electron chi connectivity index (χ2n) is 6.86. The van der Waals surface area contributed by atoms with Crippen molar-refractivity contribution in [3.8, 4) is 0 Å². The highest BCUT2D eigenvalue weighted by Crippen LogP contribution is 2.38. The maximum Gasteiger partial charge on any atom is 0.243 e. The van der Waals surface area contributed by atoms with Crippen LogP contribution in [0.25, 0.3) is 0 Å². The van der Waals surface area contributed by atoms with Crippen LogP contribution in [-0.2, 0) is 11.2 Å². The number of Topliss-reactive ketones (excluding diaryl/α,β-unsaturated/α-hetero) is 1. The Bertz CT molecular complexity index is 594. The average molecular weight is 307 g/mol. The summed E-state index contributed by atoms with van der Waals surface area (Å²) in [5.74, 6) is 0.144. The minimum absolute atomic E-state index is 0.00666. The Hall–Kier alpha value is -1.27. The lowest BCUT2D eigenvalue weighted by Crippen LogP contribution is -2.37. The second-order valence-corrected chi connectivity index (χ2v) is 7.86. The van der Waals surface area contributed by atoms with Gasteiger partial charge in [-0.2, -0.15) is 0 Å². The summed E-state index contributed by atoms with van der Waals surface area (Å²) in [4.78, 5) is 31.7. The molecule has 0 aromatic carbocycles. The van der Waals surface area contributed by atoms with Crippen molar-refractivity contribution < 1.29 is 9.59 Å². The van der Waals surface area contributed by atoms with Crippen molar-refractivity contribution in [2.24, 2.45) is 5.41 Å². The Morgan fingerprint density at radius 1 is 1.43 bits per heavy atom. The predicted molar refractivity (Wildman–Crippen MR) is 82.8 cm³/mol. The van der Waals surface area contributed by atoms with E-state index in [0.29, 0.717) is 11.6 Å². The average Bonchev–Trinajstić information content (AvgIpc) is 2.93. The Labute approximate surface area is 128 Å². The van der Waals surface area contributed by atoms with E-state index < -0.39 is 0 Å². The van der Waals surface area contributed by atoms with Crippen molar-refractivity contribution in [2.45, 2.75) is 45.6 Å². The van der Waals surface area contributed by atoms with Crippen LogP contribution in [0.4, 0.5) is 5.13 Å². The molecule has 0 bridgehead atoms. The molecule has 1 aliphatic heterocycles. The fourth-order valence-corrected chi connectivity index (χ4v) is 4.13. The van der Waals surface area contributed by atoms with E-state index in [1.54, 1.807) is 0 Å². The first-order chi connectivity index (χ1) is 9.85. The van der Waals surface area contributed by atoms with Crippen LogP contribution in [-0.4, -0.2) is 41.2 Å². The molecular formula is C15H21N3O2S. The summed E-state index contributed by atoms with van der Waals surface area (Å²) in [5, 5.41) is 3.46. The Kier molecular flexibility index (Phi) is 3.61. The molecule has 0 spiro atoms. The summed E-state index contributed by atoms with van der Waals surface area (Å²) < 4.78 is 0. The largest absolute Gasteiger partial charge is 0.301 e. The summed E-state index contributed by atoms with van der Waals surface area (Å²) in [6.07, 6.45) is 3.29. The number of carbonyl (C=O) groups is 2. The van der Waals surface area contributed by atoms with Crippen molar-refractivity contribution in [3.63, 3.8) is 0 Å². The van der Waals surface area contributed by atoms with Crippen molar-refractivity contribution >= 4 is 28.2 Å². The summed E-state index contributed by atoms with van der Waals surface area (Å²) in [6, 6.07) is -0.0712. The molecule has 2 heterocycles. The highest BCUT2D eigenvalue weighted by atomic mass is 32.1. The molecule has 0 radical (unpaired) electrons. The minimum atomic E-state index is -0.0712. The van der Waals surface area contributed by atoms with Gasteiger partial charge < -0.3 is 5.32 Å². The molecule has 1 aromatic heterocycles. The molecule has 1 aromatic rings. The van der Waals surface area contributed by atoms with Crippen LogP contribution < -0.4 is 5.32 Å². The summed E-state index contributed by atoms with van der Waals surface area (Å²) >= 11 is 1.32. The molecule has 1 atom stereocenters. The number of aromatic nitrogens is 1. The zero-order valence-electron chi connectivity index (χ0n) is 12.7. The molecule has 5 nitrogen and oxygen atoms in total. The van der Waals surface area contributed by atoms with E-state index in [0.717, 1.165) is 36.4 Å². The van der Waals surface area contributed by atoms with Gasteiger partial charge in [-0.3, -0.25) is 14.5 Å². The lowest BCUT2D eigenvalue weighted by Gasteiger charge is -2.26. The van der Waals surface area contributed by atoms with Crippen molar-refractivity contribution in [1.29, 1.82) is 0 Å². The number of nitrogens with zero attached hydrogens (tertiary/aromatic N) is 2. The van der Waals surface area contributed by atoms with E-state index in [2.05, 4.69) is 29.0 Å². The van der Waals surface area contributed by atoms with Gasteiger partial charge in [0.15, 0.2) is 10.9 Å². The van der Waals surface area contributed by atoms with Gasteiger partial charge in [-0.1, -0.05) is 25.2 Å². The zero-order chi connectivity index (χ0) is 15.2. The fraction of sp³-hybridized carbons (Fsp3) is 0.667. The molecule has 1 aliphatic carbocycles. The molecule has 6 heteroatoms. The molecule has 21 heavy (non-hydrogen) atoms. The van der Waals surface area contributed by atoms with Crippen LogP contribution in [0.5, 0.6) is 0 Å². The lowest BCUT2D eigenvalue weighted by atomic mass is 9.78. The molecule has 1 amide bonds. The maximum atomic E-state index is 12.3. The van der Waals surface area contributed by atoms with Crippen LogP contribution in [0.1, 0.15) is 48.5 Å². The number of hydrogen-bond acceptors (Lipinski definition) is 5. The standard InChI is InChI=1S/C15H21N3O2S/c1-15(2)7-9-12(11(19)8-15)21-14(16-9)17-13(20)10-5-4-6-18(10)3/h10H,4-8H2,1-3H3,(H,16,17,20)/t10-/m0/s1. The van der Waals surface area contributed by atoms with E-state index in [1.165, 1.54) is 11.3 Å². The number of amides is 1. The number of carbonyl (C=O) groups excluding carboxylic acids is 2. The van der Waals surface area contributed by atoms with Gasteiger partial charge in [-0.25, -0.2) is 4.98 Å². The van der Waals surface area contributed by atoms with Gasteiger partial charge >= 0.3 is 0 Å². The second kappa shape index (κ2) is 5.18. The lowest BCUT2D eigenvalue weighted by molar-refractivity contribution is -0.119. The van der Waals surface area contributed by atoms with Gasteiger partial charge in [0.05, 0.1) is 16.6 Å². The van der Waals surface area contributed by atoms with E-state index >= 15 is 0 Å². The highest BCUT2D eigenvalue weighted by Gasteiger charge is 2.35. The SMILES string of the molecule is CN1CCC[C@H]1C(=O)Nc1nc2c(s1)C(=O)CC(C)(C)C2. The molecular weight excluding hydrogens is 286 g/mol. The summed E-state index contributed by atoms with van der Waals surface area (Å²) in [6.45, 7) is 5.12. The van der Waals surface area contributed by atoms with Crippen LogP contribution in [0.3, 0.4) is 0 Å². The minimum Gasteiger partial charge on any atom is -0.301 e. The van der Waals surface area contributed by atoms with Crippen LogP contribution >= 0.6 is 11.3 Å². The van der Waals surface area contributed by atoms with E-state index in [1.807, 2.05) is 7.05 Å². The molecule has 2 aliphatic rings. The number of nitrogens with one attached hydrogen (secondary N) is 1. The van der Waals surface area contributed by atoms with E-state index in [4.69, 9.17) is 0 Å². The van der Waals surface area contributed by atoms with Gasteiger partial charge in [0.1, 0.15) is 0 Å². The van der Waals surface area contributed by atoms with Gasteiger partial charge in [-0.05, 0) is 38.3 Å². The predicted octanol–water partition coefficient (Wildman–Crippen LogP) is 2.33. The third-order valence-electron chi connectivity index (χ3n) is 4.29. The third kappa shape index (κ3) is 2.87. The highest BCUT2D eigenvalue weighted by molar-refractivity contribution is 7.17. The number of ketones is 1. The number of anilines is 1. The third-order valence-corrected chi connectivity index (χ3v) is 5.34. The topological polar surface area (TPSA) is 62.3 Å². The zero-order valence-corrected chi connectivity index (χ0v) is 13.5. The van der Waals surface area contributed by atoms with Crippen molar-refractivity contribution in [2.75, 3.05) is 18.9 Å². The Balaban J connectivity index is 1.76. The van der Waals surface area contributed by atoms with Gasteiger partial charge in [0.25, 0.3) is 0 Å². The number of rotatable bonds is 2. The fourth-order valence-electron chi connectivity index (χ4n) is 3.20.